The molecular formula is C17H15ClF3N7O2. The van der Waals surface area contributed by atoms with E-state index in [0.29, 0.717) is 27.9 Å². The van der Waals surface area contributed by atoms with Crippen LogP contribution in [0.15, 0.2) is 18.5 Å². The number of nitrogens with one attached hydrogen (secondary N) is 2. The Hall–Kier alpha value is -3.12. The van der Waals surface area contributed by atoms with Crippen LogP contribution in [0.4, 0.5) is 13.2 Å². The second-order valence-electron chi connectivity index (χ2n) is 6.32. The van der Waals surface area contributed by atoms with Crippen LogP contribution in [0.25, 0.3) is 33.7 Å². The maximum atomic E-state index is 13.2. The van der Waals surface area contributed by atoms with Gasteiger partial charge in [-0.1, -0.05) is 11.6 Å². The number of aryl methyl sites for hydroxylation is 1. The zero-order valence-corrected chi connectivity index (χ0v) is 16.6. The molecule has 9 nitrogen and oxygen atoms in total. The summed E-state index contributed by atoms with van der Waals surface area (Å²) in [6.45, 7) is 0. The molecule has 4 aromatic rings. The number of rotatable bonds is 5. The van der Waals surface area contributed by atoms with Crippen molar-refractivity contribution in [1.29, 1.82) is 0 Å². The number of alkyl halides is 3. The molecule has 0 radical (unpaired) electrons. The van der Waals surface area contributed by atoms with Crippen LogP contribution in [0.2, 0.25) is 5.02 Å². The second kappa shape index (κ2) is 7.29. The number of ether oxygens (including phenoxy) is 2. The van der Waals surface area contributed by atoms with E-state index in [1.807, 2.05) is 0 Å². The van der Waals surface area contributed by atoms with E-state index < -0.39 is 18.1 Å². The van der Waals surface area contributed by atoms with Gasteiger partial charge in [-0.25, -0.2) is 9.97 Å². The first kappa shape index (κ1) is 20.2. The summed E-state index contributed by atoms with van der Waals surface area (Å²) < 4.78 is 51.1. The molecule has 30 heavy (non-hydrogen) atoms. The van der Waals surface area contributed by atoms with Gasteiger partial charge in [-0.3, -0.25) is 10.2 Å². The molecule has 0 unspecified atom stereocenters. The average Bonchev–Trinajstić information content (AvgIpc) is 3.41. The normalized spacial score (nSPS) is 13.2. The summed E-state index contributed by atoms with van der Waals surface area (Å²) in [4.78, 5) is 8.52. The molecule has 0 aliphatic carbocycles. The fourth-order valence-corrected chi connectivity index (χ4v) is 3.49. The van der Waals surface area contributed by atoms with Crippen molar-refractivity contribution in [3.05, 3.63) is 29.3 Å². The molecule has 4 heterocycles. The Morgan fingerprint density at radius 1 is 1.23 bits per heavy atom. The summed E-state index contributed by atoms with van der Waals surface area (Å²) in [5.41, 5.74) is 2.72. The first-order chi connectivity index (χ1) is 14.3. The van der Waals surface area contributed by atoms with Crippen molar-refractivity contribution in [1.82, 2.24) is 34.9 Å². The van der Waals surface area contributed by atoms with Gasteiger partial charge in [0.1, 0.15) is 10.5 Å². The summed E-state index contributed by atoms with van der Waals surface area (Å²) in [6, 6.07) is 1.65. The van der Waals surface area contributed by atoms with E-state index in [4.69, 9.17) is 16.3 Å². The maximum Gasteiger partial charge on any atom is 0.421 e. The highest BCUT2D eigenvalue weighted by atomic mass is 35.5. The van der Waals surface area contributed by atoms with Crippen LogP contribution in [-0.2, 0) is 11.8 Å². The lowest BCUT2D eigenvalue weighted by Gasteiger charge is -2.15. The highest BCUT2D eigenvalue weighted by molar-refractivity contribution is 6.32. The van der Waals surface area contributed by atoms with Gasteiger partial charge in [0.05, 0.1) is 24.5 Å². The topological polar surface area (TPSA) is 107 Å². The average molecular weight is 442 g/mol. The van der Waals surface area contributed by atoms with Gasteiger partial charge in [-0.05, 0) is 6.07 Å². The number of hydrogen-bond donors (Lipinski definition) is 2. The molecule has 0 amide bonds. The Bertz CT molecular complexity index is 1200. The SMILES string of the molecule is COc1nc2c(-c3cn[nH]c3)c(-c3n[nH]c([C@H](OC)C(F)(F)F)n3)n(C)c2cc1Cl. The van der Waals surface area contributed by atoms with Crippen LogP contribution in [0, 0.1) is 0 Å². The van der Waals surface area contributed by atoms with Crippen LogP contribution < -0.4 is 4.74 Å². The van der Waals surface area contributed by atoms with Crippen LogP contribution in [0.1, 0.15) is 11.9 Å². The van der Waals surface area contributed by atoms with E-state index >= 15 is 0 Å². The van der Waals surface area contributed by atoms with E-state index in [1.54, 1.807) is 30.1 Å². The Kier molecular flexibility index (Phi) is 4.90. The zero-order valence-electron chi connectivity index (χ0n) is 15.9. The molecule has 0 aromatic carbocycles. The van der Waals surface area contributed by atoms with E-state index in [1.165, 1.54) is 7.11 Å². The molecule has 0 aliphatic rings. The fraction of sp³-hybridized carbons (Fsp3) is 0.294. The summed E-state index contributed by atoms with van der Waals surface area (Å²) in [6.07, 6.45) is -3.70. The lowest BCUT2D eigenvalue weighted by atomic mass is 10.1. The number of aromatic amines is 2. The Morgan fingerprint density at radius 2 is 2.00 bits per heavy atom. The molecule has 0 bridgehead atoms. The molecule has 2 N–H and O–H groups in total. The highest BCUT2D eigenvalue weighted by Gasteiger charge is 2.43. The summed E-state index contributed by atoms with van der Waals surface area (Å²) in [7, 11) is 4.09. The second-order valence-corrected chi connectivity index (χ2v) is 6.73. The third kappa shape index (κ3) is 3.17. The molecule has 1 atom stereocenters. The van der Waals surface area contributed by atoms with Gasteiger partial charge in [0.25, 0.3) is 0 Å². The van der Waals surface area contributed by atoms with Crippen molar-refractivity contribution in [3.63, 3.8) is 0 Å². The van der Waals surface area contributed by atoms with Crippen molar-refractivity contribution in [3.8, 4) is 28.5 Å². The summed E-state index contributed by atoms with van der Waals surface area (Å²) >= 11 is 6.22. The number of aromatic nitrogens is 7. The lowest BCUT2D eigenvalue weighted by Crippen LogP contribution is -2.23. The maximum absolute atomic E-state index is 13.2. The number of nitrogens with zero attached hydrogens (tertiary/aromatic N) is 5. The van der Waals surface area contributed by atoms with Gasteiger partial charge in [0.2, 0.25) is 12.0 Å². The van der Waals surface area contributed by atoms with E-state index in [-0.39, 0.29) is 16.7 Å². The van der Waals surface area contributed by atoms with Gasteiger partial charge < -0.3 is 14.0 Å². The largest absolute Gasteiger partial charge is 0.480 e. The zero-order chi connectivity index (χ0) is 21.6. The van der Waals surface area contributed by atoms with Crippen molar-refractivity contribution in [2.24, 2.45) is 7.05 Å². The fourth-order valence-electron chi connectivity index (χ4n) is 3.27. The highest BCUT2D eigenvalue weighted by Crippen LogP contribution is 2.41. The van der Waals surface area contributed by atoms with Crippen molar-refractivity contribution in [2.75, 3.05) is 14.2 Å². The van der Waals surface area contributed by atoms with Crippen LogP contribution in [0.5, 0.6) is 5.88 Å². The van der Waals surface area contributed by atoms with Gasteiger partial charge in [0.15, 0.2) is 11.6 Å². The Labute approximate surface area is 172 Å². The van der Waals surface area contributed by atoms with Crippen molar-refractivity contribution < 1.29 is 22.6 Å². The van der Waals surface area contributed by atoms with E-state index in [2.05, 4.69) is 35.1 Å². The van der Waals surface area contributed by atoms with Crippen LogP contribution >= 0.6 is 11.6 Å². The molecule has 0 fully saturated rings. The minimum Gasteiger partial charge on any atom is -0.480 e. The molecule has 13 heteroatoms. The number of halogens is 4. The number of methoxy groups -OCH3 is 2. The monoisotopic (exact) mass is 441 g/mol. The quantitative estimate of drug-likeness (QED) is 0.489. The van der Waals surface area contributed by atoms with Gasteiger partial charge >= 0.3 is 6.18 Å². The predicted molar refractivity (Wildman–Crippen MR) is 101 cm³/mol. The predicted octanol–water partition coefficient (Wildman–Crippen LogP) is 3.66. The minimum absolute atomic E-state index is 0.0306. The smallest absolute Gasteiger partial charge is 0.421 e. The van der Waals surface area contributed by atoms with Crippen molar-refractivity contribution in [2.45, 2.75) is 12.3 Å². The van der Waals surface area contributed by atoms with Gasteiger partial charge in [0, 0.05) is 31.5 Å². The first-order valence-corrected chi connectivity index (χ1v) is 8.88. The molecule has 0 aliphatic heterocycles. The molecule has 0 spiro atoms. The number of pyridine rings is 1. The molecule has 158 valence electrons. The van der Waals surface area contributed by atoms with Crippen LogP contribution in [0.3, 0.4) is 0 Å². The minimum atomic E-state index is -4.65. The molecule has 4 aromatic heterocycles. The number of hydrogen-bond acceptors (Lipinski definition) is 6. The van der Waals surface area contributed by atoms with Crippen molar-refractivity contribution >= 4 is 22.6 Å². The first-order valence-electron chi connectivity index (χ1n) is 8.50. The molecule has 0 saturated heterocycles. The number of H-pyrrole nitrogens is 2. The van der Waals surface area contributed by atoms with Gasteiger partial charge in [-0.15, -0.1) is 0 Å². The third-order valence-electron chi connectivity index (χ3n) is 4.57. The third-order valence-corrected chi connectivity index (χ3v) is 4.84. The molecule has 0 saturated carbocycles. The molecular weight excluding hydrogens is 427 g/mol. The summed E-state index contributed by atoms with van der Waals surface area (Å²) in [5.74, 6) is -0.228. The van der Waals surface area contributed by atoms with Crippen LogP contribution in [-0.4, -0.2) is 55.3 Å². The Balaban J connectivity index is 1.98. The molecule has 4 rings (SSSR count). The standard InChI is InChI=1S/C17H15ClF3N7O2/c1-28-9-4-8(18)16(30-3)24-11(9)10(7-5-22-23-6-7)12(28)14-25-15(27-26-14)13(29-2)17(19,20)21/h4-6,13H,1-3H3,(H,22,23)(H,25,26,27)/t13-/m0/s1. The lowest BCUT2D eigenvalue weighted by molar-refractivity contribution is -0.218. The summed E-state index contributed by atoms with van der Waals surface area (Å²) in [5, 5.41) is 13.3. The van der Waals surface area contributed by atoms with E-state index in [9.17, 15) is 13.2 Å². The van der Waals surface area contributed by atoms with E-state index in [0.717, 1.165) is 7.11 Å². The van der Waals surface area contributed by atoms with Gasteiger partial charge in [-0.2, -0.15) is 23.4 Å². The Morgan fingerprint density at radius 3 is 2.60 bits per heavy atom. The number of fused-ring (bicyclic) bond motifs is 1.